The largest absolute Gasteiger partial charge is 0.381 e. The van der Waals surface area contributed by atoms with Crippen molar-refractivity contribution in [2.45, 2.75) is 31.9 Å². The summed E-state index contributed by atoms with van der Waals surface area (Å²) in [4.78, 5) is 14.2. The van der Waals surface area contributed by atoms with Crippen molar-refractivity contribution in [2.75, 3.05) is 13.7 Å². The fourth-order valence-electron chi connectivity index (χ4n) is 3.10. The molecule has 3 rings (SSSR count). The maximum atomic E-state index is 12.3. The van der Waals surface area contributed by atoms with Gasteiger partial charge in [0.05, 0.1) is 12.3 Å². The molecule has 0 aromatic carbocycles. The predicted molar refractivity (Wildman–Crippen MR) is 59.6 cm³/mol. The van der Waals surface area contributed by atoms with Crippen LogP contribution in [0.4, 0.5) is 0 Å². The van der Waals surface area contributed by atoms with Crippen molar-refractivity contribution in [3.63, 3.8) is 0 Å². The standard InChI is InChI=1S/C12H16N2O3/c1-7-10(5-13-17-7)12(15)14-6-8-3-9(14)4-11(8)16-2/h5,8-9,11H,3-4,6H2,1-2H3. The van der Waals surface area contributed by atoms with E-state index in [1.165, 1.54) is 6.20 Å². The minimum absolute atomic E-state index is 0.0470. The van der Waals surface area contributed by atoms with Crippen molar-refractivity contribution < 1.29 is 14.1 Å². The molecule has 0 radical (unpaired) electrons. The fraction of sp³-hybridized carbons (Fsp3) is 0.667. The van der Waals surface area contributed by atoms with Crippen molar-refractivity contribution in [3.8, 4) is 0 Å². The van der Waals surface area contributed by atoms with Gasteiger partial charge in [-0.25, -0.2) is 0 Å². The third-order valence-corrected chi connectivity index (χ3v) is 4.02. The van der Waals surface area contributed by atoms with E-state index >= 15 is 0 Å². The first-order valence-electron chi connectivity index (χ1n) is 5.95. The van der Waals surface area contributed by atoms with Gasteiger partial charge in [-0.1, -0.05) is 5.16 Å². The minimum Gasteiger partial charge on any atom is -0.381 e. The molecule has 1 aromatic heterocycles. The average molecular weight is 236 g/mol. The van der Waals surface area contributed by atoms with Gasteiger partial charge in [-0.05, 0) is 19.8 Å². The molecule has 2 heterocycles. The van der Waals surface area contributed by atoms with Gasteiger partial charge >= 0.3 is 0 Å². The number of nitrogens with zero attached hydrogens (tertiary/aromatic N) is 2. The molecule has 5 nitrogen and oxygen atoms in total. The molecule has 1 aromatic rings. The molecule has 1 aliphatic carbocycles. The summed E-state index contributed by atoms with van der Waals surface area (Å²) in [5.74, 6) is 1.14. The van der Waals surface area contributed by atoms with Crippen molar-refractivity contribution in [1.82, 2.24) is 10.1 Å². The Kier molecular flexibility index (Phi) is 2.43. The molecule has 2 fully saturated rings. The number of fused-ring (bicyclic) bond motifs is 2. The second-order valence-electron chi connectivity index (χ2n) is 4.91. The van der Waals surface area contributed by atoms with Crippen LogP contribution < -0.4 is 0 Å². The summed E-state index contributed by atoms with van der Waals surface area (Å²) in [5.41, 5.74) is 0.589. The lowest BCUT2D eigenvalue weighted by Gasteiger charge is -2.30. The number of hydrogen-bond acceptors (Lipinski definition) is 4. The maximum Gasteiger partial charge on any atom is 0.259 e. The van der Waals surface area contributed by atoms with Gasteiger partial charge in [-0.3, -0.25) is 4.79 Å². The van der Waals surface area contributed by atoms with E-state index in [0.717, 1.165) is 19.4 Å². The van der Waals surface area contributed by atoms with Gasteiger partial charge in [0.1, 0.15) is 11.3 Å². The van der Waals surface area contributed by atoms with Crippen LogP contribution >= 0.6 is 0 Å². The summed E-state index contributed by atoms with van der Waals surface area (Å²) < 4.78 is 10.4. The Bertz CT molecular complexity index is 443. The van der Waals surface area contributed by atoms with Crippen LogP contribution in [0.1, 0.15) is 29.0 Å². The summed E-state index contributed by atoms with van der Waals surface area (Å²) in [6.07, 6.45) is 3.86. The molecule has 1 saturated carbocycles. The number of amides is 1. The number of hydrogen-bond donors (Lipinski definition) is 0. The average Bonchev–Trinajstić information content (AvgIpc) is 3.01. The molecule has 3 unspecified atom stereocenters. The topological polar surface area (TPSA) is 55.6 Å². The summed E-state index contributed by atoms with van der Waals surface area (Å²) in [6, 6.07) is 0.326. The molecule has 2 bridgehead atoms. The quantitative estimate of drug-likeness (QED) is 0.775. The summed E-state index contributed by atoms with van der Waals surface area (Å²) in [6.45, 7) is 2.57. The maximum absolute atomic E-state index is 12.3. The zero-order valence-corrected chi connectivity index (χ0v) is 10.0. The van der Waals surface area contributed by atoms with Gasteiger partial charge in [0, 0.05) is 25.6 Å². The first-order chi connectivity index (χ1) is 8.20. The molecule has 5 heteroatoms. The van der Waals surface area contributed by atoms with Crippen LogP contribution in [0.25, 0.3) is 0 Å². The summed E-state index contributed by atoms with van der Waals surface area (Å²) >= 11 is 0. The van der Waals surface area contributed by atoms with Crippen LogP contribution in [0.5, 0.6) is 0 Å². The van der Waals surface area contributed by atoms with Gasteiger partial charge in [0.25, 0.3) is 5.91 Å². The highest BCUT2D eigenvalue weighted by atomic mass is 16.5. The van der Waals surface area contributed by atoms with E-state index in [4.69, 9.17) is 9.26 Å². The smallest absolute Gasteiger partial charge is 0.259 e. The Labute approximate surface area is 99.7 Å². The van der Waals surface area contributed by atoms with Crippen molar-refractivity contribution in [1.29, 1.82) is 0 Å². The molecule has 1 saturated heterocycles. The number of carbonyl (C=O) groups is 1. The number of ether oxygens (including phenoxy) is 1. The lowest BCUT2D eigenvalue weighted by molar-refractivity contribution is 0.0294. The number of rotatable bonds is 2. The molecule has 0 N–H and O–H groups in total. The van der Waals surface area contributed by atoms with Crippen LogP contribution in [-0.2, 0) is 4.74 Å². The molecule has 3 atom stereocenters. The second kappa shape index (κ2) is 3.84. The van der Waals surface area contributed by atoms with E-state index in [0.29, 0.717) is 29.4 Å². The molecular weight excluding hydrogens is 220 g/mol. The Morgan fingerprint density at radius 3 is 2.94 bits per heavy atom. The van der Waals surface area contributed by atoms with Crippen molar-refractivity contribution in [2.24, 2.45) is 5.92 Å². The molecule has 1 amide bonds. The number of carbonyl (C=O) groups excluding carboxylic acids is 1. The molecule has 2 aliphatic rings. The predicted octanol–water partition coefficient (Wildman–Crippen LogP) is 1.23. The lowest BCUT2D eigenvalue weighted by atomic mass is 10.1. The third-order valence-electron chi connectivity index (χ3n) is 4.02. The van der Waals surface area contributed by atoms with Crippen LogP contribution in [0.3, 0.4) is 0 Å². The fourth-order valence-corrected chi connectivity index (χ4v) is 3.10. The number of aromatic nitrogens is 1. The number of piperidine rings is 1. The first-order valence-corrected chi connectivity index (χ1v) is 5.95. The molecular formula is C12H16N2O3. The third kappa shape index (κ3) is 1.57. The summed E-state index contributed by atoms with van der Waals surface area (Å²) in [5, 5.41) is 3.66. The zero-order valence-electron chi connectivity index (χ0n) is 10.0. The van der Waals surface area contributed by atoms with Crippen LogP contribution in [0.15, 0.2) is 10.7 Å². The van der Waals surface area contributed by atoms with Gasteiger partial charge < -0.3 is 14.2 Å². The zero-order chi connectivity index (χ0) is 12.0. The van der Waals surface area contributed by atoms with Crippen LogP contribution in [-0.4, -0.2) is 41.8 Å². The second-order valence-corrected chi connectivity index (χ2v) is 4.91. The number of likely N-dealkylation sites (tertiary alicyclic amines) is 1. The monoisotopic (exact) mass is 236 g/mol. The van der Waals surface area contributed by atoms with E-state index in [1.54, 1.807) is 14.0 Å². The minimum atomic E-state index is 0.0470. The SMILES string of the molecule is COC1CC2CC1CN2C(=O)c1cnoc1C. The van der Waals surface area contributed by atoms with Crippen molar-refractivity contribution in [3.05, 3.63) is 17.5 Å². The van der Waals surface area contributed by atoms with Crippen molar-refractivity contribution >= 4 is 5.91 Å². The van der Waals surface area contributed by atoms with Gasteiger partial charge in [-0.15, -0.1) is 0 Å². The normalized spacial score (nSPS) is 31.2. The Balaban J connectivity index is 1.77. The highest BCUT2D eigenvalue weighted by molar-refractivity contribution is 5.95. The molecule has 0 spiro atoms. The Morgan fingerprint density at radius 1 is 1.59 bits per heavy atom. The van der Waals surface area contributed by atoms with E-state index in [-0.39, 0.29) is 5.91 Å². The number of methoxy groups -OCH3 is 1. The van der Waals surface area contributed by atoms with Gasteiger partial charge in [0.2, 0.25) is 0 Å². The van der Waals surface area contributed by atoms with E-state index < -0.39 is 0 Å². The van der Waals surface area contributed by atoms with E-state index in [9.17, 15) is 4.79 Å². The first kappa shape index (κ1) is 10.8. The highest BCUT2D eigenvalue weighted by Gasteiger charge is 2.47. The van der Waals surface area contributed by atoms with E-state index in [2.05, 4.69) is 5.16 Å². The van der Waals surface area contributed by atoms with Gasteiger partial charge in [0.15, 0.2) is 0 Å². The molecule has 17 heavy (non-hydrogen) atoms. The van der Waals surface area contributed by atoms with Gasteiger partial charge in [-0.2, -0.15) is 0 Å². The highest BCUT2D eigenvalue weighted by Crippen LogP contribution is 2.39. The Morgan fingerprint density at radius 2 is 2.41 bits per heavy atom. The van der Waals surface area contributed by atoms with E-state index in [1.807, 2.05) is 4.90 Å². The molecule has 92 valence electrons. The number of aryl methyl sites for hydroxylation is 1. The lowest BCUT2D eigenvalue weighted by Crippen LogP contribution is -2.42. The Hall–Kier alpha value is -1.36. The summed E-state index contributed by atoms with van der Waals surface area (Å²) in [7, 11) is 1.75. The molecule has 1 aliphatic heterocycles. The van der Waals surface area contributed by atoms with Crippen LogP contribution in [0, 0.1) is 12.8 Å². The van der Waals surface area contributed by atoms with Crippen LogP contribution in [0.2, 0.25) is 0 Å².